The van der Waals surface area contributed by atoms with Crippen molar-refractivity contribution in [2.45, 2.75) is 27.2 Å². The van der Waals surface area contributed by atoms with Crippen LogP contribution in [0.2, 0.25) is 0 Å². The molecule has 1 heterocycles. The second-order valence-electron chi connectivity index (χ2n) is 4.37. The summed E-state index contributed by atoms with van der Waals surface area (Å²) in [4.78, 5) is 8.61. The topological polar surface area (TPSA) is 35.0 Å². The summed E-state index contributed by atoms with van der Waals surface area (Å²) in [6, 6.07) is 0. The second kappa shape index (κ2) is 5.85. The van der Waals surface area contributed by atoms with Gasteiger partial charge in [-0.15, -0.1) is 0 Å². The molecule has 1 aliphatic carbocycles. The van der Waals surface area contributed by atoms with Gasteiger partial charge in [-0.3, -0.25) is 0 Å². The van der Waals surface area contributed by atoms with Crippen LogP contribution in [0.3, 0.4) is 0 Å². The van der Waals surface area contributed by atoms with E-state index < -0.39 is 0 Å². The molecule has 0 aromatic carbocycles. The van der Waals surface area contributed by atoms with Crippen molar-refractivity contribution < 1.29 is 51.2 Å². The number of ether oxygens (including phenoxy) is 1. The molecule has 4 heteroatoms. The van der Waals surface area contributed by atoms with Crippen LogP contribution in [0.1, 0.15) is 30.3 Å². The van der Waals surface area contributed by atoms with Gasteiger partial charge in [0, 0.05) is 0 Å². The first-order chi connectivity index (χ1) is 8.54. The first kappa shape index (κ1) is 14.2. The molecule has 0 aliphatic heterocycles. The fourth-order valence-corrected chi connectivity index (χ4v) is 3.04. The van der Waals surface area contributed by atoms with Crippen LogP contribution in [0.5, 0.6) is 0 Å². The van der Waals surface area contributed by atoms with Crippen LogP contribution in [-0.2, 0) is 4.74 Å². The van der Waals surface area contributed by atoms with Crippen molar-refractivity contribution in [3.05, 3.63) is 40.7 Å². The van der Waals surface area contributed by atoms with Gasteiger partial charge in [0.15, 0.2) is 0 Å². The number of allylic oxidation sites excluding steroid dienone is 4. The molecule has 3 nitrogen and oxygen atoms in total. The summed E-state index contributed by atoms with van der Waals surface area (Å²) in [5, 5.41) is 0. The number of aryl methyl sites for hydroxylation is 2. The van der Waals surface area contributed by atoms with Crippen molar-refractivity contribution in [1.29, 1.82) is 0 Å². The second-order valence-corrected chi connectivity index (χ2v) is 5.83. The summed E-state index contributed by atoms with van der Waals surface area (Å²) in [6.45, 7) is 6.16. The van der Waals surface area contributed by atoms with Gasteiger partial charge in [0.2, 0.25) is 0 Å². The van der Waals surface area contributed by atoms with Gasteiger partial charge in [-0.25, -0.2) is 0 Å². The molecule has 1 aromatic rings. The first-order valence-electron chi connectivity index (χ1n) is 5.80. The van der Waals surface area contributed by atoms with Crippen molar-refractivity contribution >= 4 is 5.44 Å². The Morgan fingerprint density at radius 1 is 1.17 bits per heavy atom. The molecule has 0 saturated carbocycles. The predicted octanol–water partition coefficient (Wildman–Crippen LogP) is 2.52. The van der Waals surface area contributed by atoms with Crippen LogP contribution >= 0.6 is 0 Å². The molecule has 0 spiro atoms. The molecule has 0 fully saturated rings. The van der Waals surface area contributed by atoms with E-state index in [4.69, 9.17) is 4.74 Å². The van der Waals surface area contributed by atoms with Crippen LogP contribution in [0.25, 0.3) is 5.57 Å². The Morgan fingerprint density at radius 3 is 2.33 bits per heavy atom. The summed E-state index contributed by atoms with van der Waals surface area (Å²) in [5.41, 5.74) is 5.70. The summed E-state index contributed by atoms with van der Waals surface area (Å²) in [6.07, 6.45) is 4.70. The molecule has 0 N–H and O–H groups in total. The third-order valence-corrected chi connectivity index (χ3v) is 4.23. The number of nitrogens with zero attached hydrogens (tertiary/aromatic N) is 2. The van der Waals surface area contributed by atoms with Crippen molar-refractivity contribution in [2.75, 3.05) is 7.11 Å². The van der Waals surface area contributed by atoms with Gasteiger partial charge in [0.05, 0.1) is 0 Å². The molecule has 95 valence electrons. The number of hydrogen-bond donors (Lipinski definition) is 0. The van der Waals surface area contributed by atoms with E-state index in [1.807, 2.05) is 13.8 Å². The van der Waals surface area contributed by atoms with E-state index in [9.17, 15) is 0 Å². The van der Waals surface area contributed by atoms with Gasteiger partial charge in [-0.2, -0.15) is 0 Å². The first-order valence-corrected chi connectivity index (χ1v) is 7.01. The van der Waals surface area contributed by atoms with Crippen LogP contribution in [0, 0.1) is 60.3 Å². The molecular formula is C14H16EuN2O. The molecule has 1 aliphatic rings. The number of aromatic nitrogens is 2. The fraction of sp³-hybridized carbons (Fsp3) is 0.357. The molecular weight excluding hydrogens is 364 g/mol. The summed E-state index contributed by atoms with van der Waals surface area (Å²) in [7, 11) is 1.74. The average Bonchev–Trinajstić information content (AvgIpc) is 2.32. The maximum atomic E-state index is 5.41. The Morgan fingerprint density at radius 2 is 1.78 bits per heavy atom. The Bertz CT molecular complexity index is 553. The van der Waals surface area contributed by atoms with Gasteiger partial charge >= 0.3 is 142 Å². The van der Waals surface area contributed by atoms with Gasteiger partial charge in [0.25, 0.3) is 0 Å². The molecule has 0 unspecified atom stereocenters. The Hall–Kier alpha value is -0.186. The zero-order chi connectivity index (χ0) is 13.3. The molecule has 1 aromatic heterocycles. The standard InChI is InChI=1S/C14H16N2O.Eu/c1-9-7-12(5-6-13(9)17-4)14-10(2)15-8-16-11(14)3;/h7-8H,6H2,1-4H3;. The molecule has 0 saturated heterocycles. The predicted molar refractivity (Wildman–Crippen MR) is 68.8 cm³/mol. The normalized spacial score (nSPS) is 15.8. The van der Waals surface area contributed by atoms with Crippen LogP contribution < -0.4 is 0 Å². The van der Waals surface area contributed by atoms with Crippen molar-refractivity contribution in [3.63, 3.8) is 0 Å². The van der Waals surface area contributed by atoms with E-state index in [-0.39, 0.29) is 0 Å². The third kappa shape index (κ3) is 2.71. The zero-order valence-electron chi connectivity index (χ0n) is 11.0. The van der Waals surface area contributed by atoms with Crippen molar-refractivity contribution in [1.82, 2.24) is 9.97 Å². The van der Waals surface area contributed by atoms with E-state index >= 15 is 0 Å². The van der Waals surface area contributed by atoms with Crippen molar-refractivity contribution in [2.24, 2.45) is 0 Å². The summed E-state index contributed by atoms with van der Waals surface area (Å²) >= 11 is 1.70. The summed E-state index contributed by atoms with van der Waals surface area (Å²) in [5.74, 6) is 1.06. The monoisotopic (exact) mass is 381 g/mol. The molecule has 0 atom stereocenters. The minimum absolute atomic E-state index is 0.888. The molecule has 18 heavy (non-hydrogen) atoms. The third-order valence-electron chi connectivity index (χ3n) is 3.15. The fourth-order valence-electron chi connectivity index (χ4n) is 2.17. The number of hydrogen-bond acceptors (Lipinski definition) is 3. The Kier molecular flexibility index (Phi) is 4.62. The molecule has 0 bridgehead atoms. The number of methoxy groups -OCH3 is 1. The SMILES string of the molecule is COC1=C(C)C=C(c2c(C)ncnc2C)[C](=[Eu])C1. The summed E-state index contributed by atoms with van der Waals surface area (Å²) < 4.78 is 6.77. The average molecular weight is 380 g/mol. The minimum atomic E-state index is 0.888. The van der Waals surface area contributed by atoms with Crippen LogP contribution in [-0.4, -0.2) is 16.9 Å². The van der Waals surface area contributed by atoms with Gasteiger partial charge in [-0.1, -0.05) is 0 Å². The number of rotatable bonds is 2. The van der Waals surface area contributed by atoms with Gasteiger partial charge in [0.1, 0.15) is 0 Å². The van der Waals surface area contributed by atoms with E-state index in [0.717, 1.165) is 23.6 Å². The van der Waals surface area contributed by atoms with Gasteiger partial charge in [-0.05, 0) is 0 Å². The maximum absolute atomic E-state index is 5.41. The van der Waals surface area contributed by atoms with E-state index in [0.29, 0.717) is 0 Å². The van der Waals surface area contributed by atoms with Gasteiger partial charge < -0.3 is 0 Å². The van der Waals surface area contributed by atoms with Crippen LogP contribution in [0.15, 0.2) is 23.7 Å². The molecule has 0 radical (unpaired) electrons. The Labute approximate surface area is 140 Å². The molecule has 2 rings (SSSR count). The van der Waals surface area contributed by atoms with E-state index in [1.165, 1.54) is 16.6 Å². The van der Waals surface area contributed by atoms with Crippen LogP contribution in [0.4, 0.5) is 0 Å². The van der Waals surface area contributed by atoms with E-state index in [2.05, 4.69) is 23.0 Å². The van der Waals surface area contributed by atoms with E-state index in [1.54, 1.807) is 59.9 Å². The Balaban J connectivity index is 2.58. The van der Waals surface area contributed by atoms with Crippen molar-refractivity contribution in [3.8, 4) is 0 Å². The quantitative estimate of drug-likeness (QED) is 0.791. The zero-order valence-corrected chi connectivity index (χ0v) is 13.5. The molecule has 0 amide bonds.